The minimum Gasteiger partial charge on any atom is -0.496 e. The third kappa shape index (κ3) is 5.91. The lowest BCUT2D eigenvalue weighted by molar-refractivity contribution is 0.0593. The van der Waals surface area contributed by atoms with Gasteiger partial charge in [0.05, 0.1) is 7.11 Å². The van der Waals surface area contributed by atoms with Gasteiger partial charge in [-0.1, -0.05) is 30.3 Å². The molecule has 3 aromatic rings. The van der Waals surface area contributed by atoms with E-state index in [1.54, 1.807) is 20.1 Å². The maximum atomic E-state index is 11.8. The number of rotatable bonds is 8. The number of aromatic nitrogens is 1. The summed E-state index contributed by atoms with van der Waals surface area (Å²) in [5.41, 5.74) is 3.34. The van der Waals surface area contributed by atoms with Crippen LogP contribution >= 0.6 is 0 Å². The number of H-pyrrole nitrogens is 1. The van der Waals surface area contributed by atoms with E-state index >= 15 is 0 Å². The Morgan fingerprint density at radius 1 is 1.17 bits per heavy atom. The number of ether oxygens (including phenoxy) is 2. The standard InChI is InChI=1S/C28H31N3O4/c1-19-26(15-22(16-29)28(33)30-19)20-7-9-24(10-8-20)35-18-23(32)17-31-13-11-21(12-14-31)25-5-3-4-6-27(25)34-2/h3-10,15,21,23,32H,11-14,17-18H2,1-2H3,(H,30,33). The summed E-state index contributed by atoms with van der Waals surface area (Å²) in [5.74, 6) is 2.08. The molecule has 2 heterocycles. The topological polar surface area (TPSA) is 98.6 Å². The Balaban J connectivity index is 1.27. The Hall–Kier alpha value is -3.60. The van der Waals surface area contributed by atoms with Crippen LogP contribution in [0.1, 0.15) is 35.6 Å². The first kappa shape index (κ1) is 24.5. The van der Waals surface area contributed by atoms with Gasteiger partial charge in [-0.25, -0.2) is 0 Å². The van der Waals surface area contributed by atoms with E-state index in [-0.39, 0.29) is 17.7 Å². The lowest BCUT2D eigenvalue weighted by Crippen LogP contribution is -2.40. The van der Waals surface area contributed by atoms with Gasteiger partial charge in [0, 0.05) is 17.8 Å². The highest BCUT2D eigenvalue weighted by Crippen LogP contribution is 2.34. The monoisotopic (exact) mass is 473 g/mol. The molecular weight excluding hydrogens is 442 g/mol. The lowest BCUT2D eigenvalue weighted by Gasteiger charge is -2.33. The van der Waals surface area contributed by atoms with E-state index in [0.717, 1.165) is 42.8 Å². The van der Waals surface area contributed by atoms with Crippen LogP contribution in [0.25, 0.3) is 11.1 Å². The van der Waals surface area contributed by atoms with Crippen molar-refractivity contribution in [1.82, 2.24) is 9.88 Å². The summed E-state index contributed by atoms with van der Waals surface area (Å²) in [5, 5.41) is 19.7. The second-order valence-corrected chi connectivity index (χ2v) is 8.97. The highest BCUT2D eigenvalue weighted by atomic mass is 16.5. The molecule has 1 aliphatic heterocycles. The Morgan fingerprint density at radius 2 is 1.89 bits per heavy atom. The van der Waals surface area contributed by atoms with Crippen molar-refractivity contribution in [3.05, 3.63) is 81.8 Å². The maximum Gasteiger partial charge on any atom is 0.266 e. The molecule has 1 fully saturated rings. The van der Waals surface area contributed by atoms with E-state index in [2.05, 4.69) is 22.0 Å². The number of aliphatic hydroxyl groups excluding tert-OH is 1. The molecule has 2 N–H and O–H groups in total. The van der Waals surface area contributed by atoms with Gasteiger partial charge in [-0.15, -0.1) is 0 Å². The largest absolute Gasteiger partial charge is 0.496 e. The number of β-amino-alcohol motifs (C(OH)–C–C–N with tert-alkyl or cyclic N) is 1. The van der Waals surface area contributed by atoms with Crippen LogP contribution in [0, 0.1) is 18.3 Å². The molecular formula is C28H31N3O4. The molecule has 7 heteroatoms. The second-order valence-electron chi connectivity index (χ2n) is 8.97. The molecule has 1 aliphatic rings. The Morgan fingerprint density at radius 3 is 2.57 bits per heavy atom. The number of benzene rings is 2. The van der Waals surface area contributed by atoms with Crippen molar-refractivity contribution in [2.45, 2.75) is 31.8 Å². The molecule has 4 rings (SSSR count). The predicted octanol–water partition coefficient (Wildman–Crippen LogP) is 3.85. The molecule has 0 aliphatic carbocycles. The van der Waals surface area contributed by atoms with E-state index in [9.17, 15) is 9.90 Å². The highest BCUT2D eigenvalue weighted by Gasteiger charge is 2.24. The summed E-state index contributed by atoms with van der Waals surface area (Å²) in [6.45, 7) is 4.44. The van der Waals surface area contributed by atoms with Gasteiger partial charge in [0.15, 0.2) is 0 Å². The number of nitrogens with one attached hydrogen (secondary N) is 1. The van der Waals surface area contributed by atoms with E-state index in [4.69, 9.17) is 14.7 Å². The van der Waals surface area contributed by atoms with Crippen LogP contribution in [0.15, 0.2) is 59.4 Å². The van der Waals surface area contributed by atoms with Gasteiger partial charge in [-0.2, -0.15) is 5.26 Å². The first-order chi connectivity index (χ1) is 17.0. The van der Waals surface area contributed by atoms with Crippen LogP contribution < -0.4 is 15.0 Å². The number of likely N-dealkylation sites (tertiary alicyclic amines) is 1. The molecule has 1 unspecified atom stereocenters. The normalized spacial score (nSPS) is 15.4. The van der Waals surface area contributed by atoms with Gasteiger partial charge in [-0.3, -0.25) is 4.79 Å². The zero-order valence-corrected chi connectivity index (χ0v) is 20.2. The summed E-state index contributed by atoms with van der Waals surface area (Å²) in [4.78, 5) is 16.8. The summed E-state index contributed by atoms with van der Waals surface area (Å²) >= 11 is 0. The number of nitriles is 1. The number of hydrogen-bond donors (Lipinski definition) is 2. The van der Waals surface area contributed by atoms with E-state index in [0.29, 0.717) is 23.9 Å². The van der Waals surface area contributed by atoms with Gasteiger partial charge in [0.25, 0.3) is 5.56 Å². The second kappa shape index (κ2) is 11.2. The van der Waals surface area contributed by atoms with Gasteiger partial charge < -0.3 is 24.5 Å². The molecule has 2 aromatic carbocycles. The van der Waals surface area contributed by atoms with Gasteiger partial charge in [-0.05, 0) is 74.2 Å². The van der Waals surface area contributed by atoms with Crippen molar-refractivity contribution < 1.29 is 14.6 Å². The number of para-hydroxylation sites is 1. The SMILES string of the molecule is COc1ccccc1C1CCN(CC(O)COc2ccc(-c3cc(C#N)c(=O)[nH]c3C)cc2)CC1. The summed E-state index contributed by atoms with van der Waals surface area (Å²) in [6.07, 6.45) is 1.48. The molecule has 1 saturated heterocycles. The first-order valence-corrected chi connectivity index (χ1v) is 11.9. The third-order valence-electron chi connectivity index (χ3n) is 6.60. The Kier molecular flexibility index (Phi) is 7.86. The Bertz CT molecular complexity index is 1240. The van der Waals surface area contributed by atoms with Crippen molar-refractivity contribution >= 4 is 0 Å². The van der Waals surface area contributed by atoms with E-state index in [1.165, 1.54) is 5.56 Å². The van der Waals surface area contributed by atoms with Crippen LogP contribution in [0.5, 0.6) is 11.5 Å². The van der Waals surface area contributed by atoms with Gasteiger partial charge >= 0.3 is 0 Å². The predicted molar refractivity (Wildman–Crippen MR) is 135 cm³/mol. The molecule has 182 valence electrons. The number of hydrogen-bond acceptors (Lipinski definition) is 6. The fourth-order valence-corrected chi connectivity index (χ4v) is 4.71. The summed E-state index contributed by atoms with van der Waals surface area (Å²) in [7, 11) is 1.72. The molecule has 0 amide bonds. The highest BCUT2D eigenvalue weighted by molar-refractivity contribution is 5.67. The number of aliphatic hydroxyl groups is 1. The van der Waals surface area contributed by atoms with Crippen LogP contribution in [-0.4, -0.2) is 54.4 Å². The molecule has 1 aromatic heterocycles. The number of aryl methyl sites for hydroxylation is 1. The average Bonchev–Trinajstić information content (AvgIpc) is 2.88. The number of pyridine rings is 1. The van der Waals surface area contributed by atoms with Gasteiger partial charge in [0.2, 0.25) is 0 Å². The van der Waals surface area contributed by atoms with Crippen LogP contribution in [0.4, 0.5) is 0 Å². The molecule has 0 radical (unpaired) electrons. The van der Waals surface area contributed by atoms with Crippen molar-refractivity contribution in [2.75, 3.05) is 33.4 Å². The third-order valence-corrected chi connectivity index (χ3v) is 6.60. The maximum absolute atomic E-state index is 11.8. The van der Waals surface area contributed by atoms with Crippen LogP contribution in [0.3, 0.4) is 0 Å². The van der Waals surface area contributed by atoms with Crippen LogP contribution in [-0.2, 0) is 0 Å². The van der Waals surface area contributed by atoms with E-state index < -0.39 is 6.10 Å². The zero-order valence-electron chi connectivity index (χ0n) is 20.2. The van der Waals surface area contributed by atoms with Crippen molar-refractivity contribution in [1.29, 1.82) is 5.26 Å². The van der Waals surface area contributed by atoms with Crippen molar-refractivity contribution in [3.63, 3.8) is 0 Å². The quantitative estimate of drug-likeness (QED) is 0.516. The zero-order chi connectivity index (χ0) is 24.8. The van der Waals surface area contributed by atoms with Crippen LogP contribution in [0.2, 0.25) is 0 Å². The van der Waals surface area contributed by atoms with E-state index in [1.807, 2.05) is 42.5 Å². The lowest BCUT2D eigenvalue weighted by atomic mass is 9.88. The number of aromatic amines is 1. The Labute approximate surface area is 205 Å². The molecule has 1 atom stereocenters. The smallest absolute Gasteiger partial charge is 0.266 e. The molecule has 0 bridgehead atoms. The molecule has 0 saturated carbocycles. The van der Waals surface area contributed by atoms with Gasteiger partial charge in [0.1, 0.15) is 35.8 Å². The number of nitrogens with zero attached hydrogens (tertiary/aromatic N) is 2. The average molecular weight is 474 g/mol. The minimum absolute atomic E-state index is 0.0842. The first-order valence-electron chi connectivity index (χ1n) is 11.9. The summed E-state index contributed by atoms with van der Waals surface area (Å²) < 4.78 is 11.3. The fraction of sp³-hybridized carbons (Fsp3) is 0.357. The van der Waals surface area contributed by atoms with Crippen molar-refractivity contribution in [2.24, 2.45) is 0 Å². The summed E-state index contributed by atoms with van der Waals surface area (Å²) in [6, 6.07) is 19.2. The molecule has 35 heavy (non-hydrogen) atoms. The number of piperidine rings is 1. The number of methoxy groups -OCH3 is 1. The fourth-order valence-electron chi connectivity index (χ4n) is 4.71. The van der Waals surface area contributed by atoms with Crippen molar-refractivity contribution in [3.8, 4) is 28.7 Å². The minimum atomic E-state index is -0.586. The molecule has 7 nitrogen and oxygen atoms in total. The molecule has 0 spiro atoms.